The molecule has 0 aliphatic carbocycles. The summed E-state index contributed by atoms with van der Waals surface area (Å²) in [6.45, 7) is 4.25. The third-order valence-corrected chi connectivity index (χ3v) is 4.32. The fraction of sp³-hybridized carbons (Fsp3) is 0.471. The van der Waals surface area contributed by atoms with Gasteiger partial charge in [0.05, 0.1) is 0 Å². The van der Waals surface area contributed by atoms with Crippen LogP contribution in [0.15, 0.2) is 24.3 Å². The molecule has 0 bridgehead atoms. The summed E-state index contributed by atoms with van der Waals surface area (Å²) in [7, 11) is 0. The lowest BCUT2D eigenvalue weighted by Gasteiger charge is -2.30. The molecule has 0 saturated carbocycles. The summed E-state index contributed by atoms with van der Waals surface area (Å²) in [5.74, 6) is 2.39. The monoisotopic (exact) mass is 287 g/mol. The highest BCUT2D eigenvalue weighted by molar-refractivity contribution is 5.91. The highest BCUT2D eigenvalue weighted by Gasteiger charge is 2.20. The van der Waals surface area contributed by atoms with Gasteiger partial charge in [-0.1, -0.05) is 19.4 Å². The van der Waals surface area contributed by atoms with Gasteiger partial charge in [0.25, 0.3) is 0 Å². The molecule has 0 aromatic heterocycles. The van der Waals surface area contributed by atoms with Crippen LogP contribution in [0.3, 0.4) is 0 Å². The van der Waals surface area contributed by atoms with Crippen LogP contribution in [0.5, 0.6) is 11.5 Å². The van der Waals surface area contributed by atoms with Crippen LogP contribution in [-0.4, -0.2) is 30.7 Å². The summed E-state index contributed by atoms with van der Waals surface area (Å²) >= 11 is 0. The fourth-order valence-corrected chi connectivity index (χ4v) is 2.85. The third-order valence-electron chi connectivity index (χ3n) is 4.32. The lowest BCUT2D eigenvalue weighted by atomic mass is 9.94. The van der Waals surface area contributed by atoms with Crippen LogP contribution in [0, 0.1) is 5.92 Å². The molecule has 0 radical (unpaired) electrons. The molecule has 4 nitrogen and oxygen atoms in total. The van der Waals surface area contributed by atoms with E-state index in [1.165, 1.54) is 6.42 Å². The van der Waals surface area contributed by atoms with E-state index in [-0.39, 0.29) is 12.7 Å². The largest absolute Gasteiger partial charge is 0.454 e. The van der Waals surface area contributed by atoms with Gasteiger partial charge in [-0.2, -0.15) is 0 Å². The first-order chi connectivity index (χ1) is 10.3. The Bertz CT molecular complexity index is 545. The Morgan fingerprint density at radius 1 is 1.29 bits per heavy atom. The van der Waals surface area contributed by atoms with Gasteiger partial charge in [-0.25, -0.2) is 0 Å². The first kappa shape index (κ1) is 14.0. The molecule has 0 unspecified atom stereocenters. The van der Waals surface area contributed by atoms with Crippen molar-refractivity contribution >= 4 is 12.0 Å². The van der Waals surface area contributed by atoms with Crippen molar-refractivity contribution < 1.29 is 14.3 Å². The molecule has 1 aromatic carbocycles. The van der Waals surface area contributed by atoms with Crippen LogP contribution in [0.25, 0.3) is 6.08 Å². The molecule has 21 heavy (non-hydrogen) atoms. The molecular formula is C17H21NO3. The summed E-state index contributed by atoms with van der Waals surface area (Å²) in [4.78, 5) is 14.1. The van der Waals surface area contributed by atoms with Crippen LogP contribution in [-0.2, 0) is 4.79 Å². The molecule has 1 fully saturated rings. The van der Waals surface area contributed by atoms with Crippen molar-refractivity contribution in [2.24, 2.45) is 5.92 Å². The number of benzene rings is 1. The van der Waals surface area contributed by atoms with Crippen molar-refractivity contribution in [2.45, 2.75) is 26.2 Å². The van der Waals surface area contributed by atoms with Gasteiger partial charge in [-0.05, 0) is 42.5 Å². The Hall–Kier alpha value is -1.97. The summed E-state index contributed by atoms with van der Waals surface area (Å²) in [5, 5.41) is 0. The molecule has 2 heterocycles. The number of carbonyl (C=O) groups is 1. The number of likely N-dealkylation sites (tertiary alicyclic amines) is 1. The number of rotatable bonds is 3. The second-order valence-electron chi connectivity index (χ2n) is 5.62. The molecule has 1 amide bonds. The predicted octanol–water partition coefficient (Wildman–Crippen LogP) is 3.08. The first-order valence-electron chi connectivity index (χ1n) is 7.63. The van der Waals surface area contributed by atoms with Crippen LogP contribution in [0.4, 0.5) is 0 Å². The van der Waals surface area contributed by atoms with Crippen molar-refractivity contribution in [2.75, 3.05) is 19.9 Å². The Kier molecular flexibility index (Phi) is 4.13. The van der Waals surface area contributed by atoms with Gasteiger partial charge in [0.1, 0.15) is 0 Å². The SMILES string of the molecule is CCC1CCN(C(=O)C=Cc2ccc3c(c2)OCO3)CC1. The zero-order chi connectivity index (χ0) is 14.7. The molecule has 4 heteroatoms. The smallest absolute Gasteiger partial charge is 0.246 e. The van der Waals surface area contributed by atoms with Gasteiger partial charge in [-0.3, -0.25) is 4.79 Å². The van der Waals surface area contributed by atoms with Crippen molar-refractivity contribution in [1.82, 2.24) is 4.90 Å². The molecule has 1 aromatic rings. The maximum absolute atomic E-state index is 12.2. The van der Waals surface area contributed by atoms with Crippen molar-refractivity contribution in [1.29, 1.82) is 0 Å². The lowest BCUT2D eigenvalue weighted by Crippen LogP contribution is -2.37. The molecule has 1 saturated heterocycles. The van der Waals surface area contributed by atoms with Crippen LogP contribution in [0.2, 0.25) is 0 Å². The fourth-order valence-electron chi connectivity index (χ4n) is 2.85. The second kappa shape index (κ2) is 6.20. The molecule has 112 valence electrons. The normalized spacial score (nSPS) is 18.4. The highest BCUT2D eigenvalue weighted by Crippen LogP contribution is 2.32. The molecule has 2 aliphatic rings. The average Bonchev–Trinajstić information content (AvgIpc) is 3.00. The number of piperidine rings is 1. The standard InChI is InChI=1S/C17H21NO3/c1-2-13-7-9-18(10-8-13)17(19)6-4-14-3-5-15-16(11-14)21-12-20-15/h3-6,11,13H,2,7-10,12H2,1H3. The Morgan fingerprint density at radius 3 is 2.81 bits per heavy atom. The average molecular weight is 287 g/mol. The van der Waals surface area contributed by atoms with E-state index in [4.69, 9.17) is 9.47 Å². The molecule has 0 spiro atoms. The van der Waals surface area contributed by atoms with Gasteiger partial charge < -0.3 is 14.4 Å². The Morgan fingerprint density at radius 2 is 2.05 bits per heavy atom. The first-order valence-corrected chi connectivity index (χ1v) is 7.63. The summed E-state index contributed by atoms with van der Waals surface area (Å²) in [5.41, 5.74) is 0.955. The van der Waals surface area contributed by atoms with Crippen LogP contribution in [0.1, 0.15) is 31.7 Å². The minimum Gasteiger partial charge on any atom is -0.454 e. The van der Waals surface area contributed by atoms with E-state index in [0.717, 1.165) is 48.9 Å². The minimum absolute atomic E-state index is 0.0993. The zero-order valence-corrected chi connectivity index (χ0v) is 12.4. The Balaban J connectivity index is 1.59. The maximum atomic E-state index is 12.2. The lowest BCUT2D eigenvalue weighted by molar-refractivity contribution is -0.127. The summed E-state index contributed by atoms with van der Waals surface area (Å²) < 4.78 is 10.6. The predicted molar refractivity (Wildman–Crippen MR) is 81.2 cm³/mol. The number of nitrogens with zero attached hydrogens (tertiary/aromatic N) is 1. The molecule has 3 rings (SSSR count). The van der Waals surface area contributed by atoms with Gasteiger partial charge in [0, 0.05) is 19.2 Å². The van der Waals surface area contributed by atoms with Gasteiger partial charge in [-0.15, -0.1) is 0 Å². The number of carbonyl (C=O) groups excluding carboxylic acids is 1. The second-order valence-corrected chi connectivity index (χ2v) is 5.62. The number of hydrogen-bond acceptors (Lipinski definition) is 3. The van der Waals surface area contributed by atoms with Crippen molar-refractivity contribution in [3.8, 4) is 11.5 Å². The molecule has 0 atom stereocenters. The van der Waals surface area contributed by atoms with Crippen molar-refractivity contribution in [3.05, 3.63) is 29.8 Å². The van der Waals surface area contributed by atoms with Crippen LogP contribution >= 0.6 is 0 Å². The Labute approximate surface area is 125 Å². The van der Waals surface area contributed by atoms with E-state index in [1.807, 2.05) is 29.2 Å². The molecule has 0 N–H and O–H groups in total. The van der Waals surface area contributed by atoms with Gasteiger partial charge in [0.2, 0.25) is 12.7 Å². The number of ether oxygens (including phenoxy) is 2. The van der Waals surface area contributed by atoms with E-state index in [1.54, 1.807) is 6.08 Å². The maximum Gasteiger partial charge on any atom is 0.246 e. The van der Waals surface area contributed by atoms with E-state index in [2.05, 4.69) is 6.92 Å². The highest BCUT2D eigenvalue weighted by atomic mass is 16.7. The quantitative estimate of drug-likeness (QED) is 0.802. The summed E-state index contributed by atoms with van der Waals surface area (Å²) in [6, 6.07) is 5.70. The topological polar surface area (TPSA) is 38.8 Å². The van der Waals surface area contributed by atoms with E-state index < -0.39 is 0 Å². The van der Waals surface area contributed by atoms with E-state index in [0.29, 0.717) is 0 Å². The minimum atomic E-state index is 0.0993. The van der Waals surface area contributed by atoms with Crippen LogP contribution < -0.4 is 9.47 Å². The molecular weight excluding hydrogens is 266 g/mol. The van der Waals surface area contributed by atoms with Crippen molar-refractivity contribution in [3.63, 3.8) is 0 Å². The van der Waals surface area contributed by atoms with Gasteiger partial charge >= 0.3 is 0 Å². The number of fused-ring (bicyclic) bond motifs is 1. The summed E-state index contributed by atoms with van der Waals surface area (Å²) in [6.07, 6.45) is 6.97. The number of hydrogen-bond donors (Lipinski definition) is 0. The third kappa shape index (κ3) is 3.20. The van der Waals surface area contributed by atoms with Gasteiger partial charge in [0.15, 0.2) is 11.5 Å². The zero-order valence-electron chi connectivity index (χ0n) is 12.4. The number of amides is 1. The van der Waals surface area contributed by atoms with E-state index >= 15 is 0 Å². The molecule has 2 aliphatic heterocycles. The van der Waals surface area contributed by atoms with E-state index in [9.17, 15) is 4.79 Å².